The molecule has 0 aromatic heterocycles. The molecule has 1 aromatic carbocycles. The van der Waals surface area contributed by atoms with Gasteiger partial charge in [0.1, 0.15) is 4.90 Å². The minimum absolute atomic E-state index is 0.0476. The third-order valence-electron chi connectivity index (χ3n) is 3.55. The number of rotatable bonds is 5. The highest BCUT2D eigenvalue weighted by Gasteiger charge is 2.29. The van der Waals surface area contributed by atoms with Crippen molar-refractivity contribution in [2.45, 2.75) is 30.8 Å². The summed E-state index contributed by atoms with van der Waals surface area (Å²) in [4.78, 5) is -0.0476. The Morgan fingerprint density at radius 3 is 2.90 bits per heavy atom. The first kappa shape index (κ1) is 15.6. The molecule has 20 heavy (non-hydrogen) atoms. The first-order chi connectivity index (χ1) is 9.45. The van der Waals surface area contributed by atoms with Gasteiger partial charge < -0.3 is 10.5 Å². The van der Waals surface area contributed by atoms with Crippen molar-refractivity contribution < 1.29 is 13.2 Å². The van der Waals surface area contributed by atoms with Gasteiger partial charge in [-0.05, 0) is 25.0 Å². The lowest BCUT2D eigenvalue weighted by molar-refractivity contribution is 0.0884. The van der Waals surface area contributed by atoms with Crippen LogP contribution in [-0.4, -0.2) is 27.7 Å². The number of benzene rings is 1. The lowest BCUT2D eigenvalue weighted by Crippen LogP contribution is -2.33. The van der Waals surface area contributed by atoms with E-state index in [1.165, 1.54) is 12.1 Å². The van der Waals surface area contributed by atoms with Crippen LogP contribution >= 0.6 is 11.6 Å². The highest BCUT2D eigenvalue weighted by atomic mass is 35.5. The number of nitrogens with one attached hydrogen (secondary N) is 1. The number of nitrogens with two attached hydrogens (primary N) is 1. The number of hydrogen-bond acceptors (Lipinski definition) is 4. The summed E-state index contributed by atoms with van der Waals surface area (Å²) in [5, 5.41) is 0.132. The highest BCUT2D eigenvalue weighted by Crippen LogP contribution is 2.28. The normalized spacial score (nSPS) is 23.1. The van der Waals surface area contributed by atoms with Crippen LogP contribution in [0.1, 0.15) is 19.8 Å². The van der Waals surface area contributed by atoms with Gasteiger partial charge in [-0.3, -0.25) is 0 Å². The molecule has 1 fully saturated rings. The molecule has 0 amide bonds. The summed E-state index contributed by atoms with van der Waals surface area (Å²) in [6, 6.07) is 4.66. The molecule has 5 nitrogen and oxygen atoms in total. The molecule has 3 N–H and O–H groups in total. The number of sulfonamides is 1. The van der Waals surface area contributed by atoms with Crippen molar-refractivity contribution in [1.29, 1.82) is 0 Å². The van der Waals surface area contributed by atoms with Crippen LogP contribution < -0.4 is 10.5 Å². The molecular formula is C13H19ClN2O3S. The SMILES string of the molecule is CCC1OCCC1CNS(=O)(=O)c1c(N)cccc1Cl. The van der Waals surface area contributed by atoms with Gasteiger partial charge in [0, 0.05) is 19.1 Å². The highest BCUT2D eigenvalue weighted by molar-refractivity contribution is 7.89. The predicted octanol–water partition coefficient (Wildman–Crippen LogP) is 2.02. The standard InChI is InChI=1S/C13H19ClN2O3S/c1-2-12-9(6-7-19-12)8-16-20(17,18)13-10(14)4-3-5-11(13)15/h3-5,9,12,16H,2,6-8,15H2,1H3. The Morgan fingerprint density at radius 2 is 2.25 bits per heavy atom. The Labute approximate surface area is 124 Å². The van der Waals surface area contributed by atoms with E-state index in [0.717, 1.165) is 12.8 Å². The van der Waals surface area contributed by atoms with Crippen LogP contribution in [0.3, 0.4) is 0 Å². The summed E-state index contributed by atoms with van der Waals surface area (Å²) < 4.78 is 32.8. The minimum atomic E-state index is -3.70. The van der Waals surface area contributed by atoms with Gasteiger partial charge in [0.2, 0.25) is 10.0 Å². The zero-order chi connectivity index (χ0) is 14.8. The van der Waals surface area contributed by atoms with E-state index in [4.69, 9.17) is 22.1 Å². The number of nitrogen functional groups attached to an aromatic ring is 1. The Morgan fingerprint density at radius 1 is 1.50 bits per heavy atom. The molecule has 0 spiro atoms. The molecule has 1 aromatic rings. The van der Waals surface area contributed by atoms with Gasteiger partial charge in [-0.1, -0.05) is 24.6 Å². The largest absolute Gasteiger partial charge is 0.398 e. The molecule has 0 saturated carbocycles. The zero-order valence-electron chi connectivity index (χ0n) is 11.3. The van der Waals surface area contributed by atoms with E-state index >= 15 is 0 Å². The van der Waals surface area contributed by atoms with E-state index in [0.29, 0.717) is 13.2 Å². The van der Waals surface area contributed by atoms with Gasteiger partial charge >= 0.3 is 0 Å². The van der Waals surface area contributed by atoms with Crippen LogP contribution in [0.5, 0.6) is 0 Å². The van der Waals surface area contributed by atoms with Gasteiger partial charge in [-0.2, -0.15) is 0 Å². The third-order valence-corrected chi connectivity index (χ3v) is 5.52. The first-order valence-corrected chi connectivity index (χ1v) is 8.47. The fourth-order valence-electron chi connectivity index (χ4n) is 2.48. The second-order valence-electron chi connectivity index (χ2n) is 4.88. The molecular weight excluding hydrogens is 300 g/mol. The Hall–Kier alpha value is -0.820. The maximum atomic E-state index is 12.3. The van der Waals surface area contributed by atoms with Crippen LogP contribution in [0.4, 0.5) is 5.69 Å². The van der Waals surface area contributed by atoms with Gasteiger partial charge in [0.05, 0.1) is 16.8 Å². The molecule has 1 aliphatic rings. The lowest BCUT2D eigenvalue weighted by Gasteiger charge is -2.18. The predicted molar refractivity (Wildman–Crippen MR) is 79.2 cm³/mol. The molecule has 1 saturated heterocycles. The summed E-state index contributed by atoms with van der Waals surface area (Å²) in [6.07, 6.45) is 1.85. The van der Waals surface area contributed by atoms with E-state index in [1.54, 1.807) is 6.07 Å². The maximum Gasteiger partial charge on any atom is 0.244 e. The van der Waals surface area contributed by atoms with Crippen molar-refractivity contribution in [1.82, 2.24) is 4.72 Å². The minimum Gasteiger partial charge on any atom is -0.398 e. The molecule has 0 bridgehead atoms. The van der Waals surface area contributed by atoms with Gasteiger partial charge in [-0.25, -0.2) is 13.1 Å². The third kappa shape index (κ3) is 3.25. The number of hydrogen-bond donors (Lipinski definition) is 2. The Bertz CT molecular complexity index is 557. The second kappa shape index (κ2) is 6.30. The van der Waals surface area contributed by atoms with Crippen LogP contribution in [-0.2, 0) is 14.8 Å². The fraction of sp³-hybridized carbons (Fsp3) is 0.538. The molecule has 112 valence electrons. The summed E-state index contributed by atoms with van der Waals surface area (Å²) in [6.45, 7) is 3.05. The molecule has 7 heteroatoms. The summed E-state index contributed by atoms with van der Waals surface area (Å²) in [5.41, 5.74) is 5.87. The smallest absolute Gasteiger partial charge is 0.244 e. The van der Waals surface area contributed by atoms with Gasteiger partial charge in [0.25, 0.3) is 0 Å². The maximum absolute atomic E-state index is 12.3. The number of halogens is 1. The average Bonchev–Trinajstić information content (AvgIpc) is 2.83. The summed E-state index contributed by atoms with van der Waals surface area (Å²) >= 11 is 5.94. The molecule has 1 heterocycles. The van der Waals surface area contributed by atoms with Crippen molar-refractivity contribution >= 4 is 27.3 Å². The van der Waals surface area contributed by atoms with E-state index in [9.17, 15) is 8.42 Å². The quantitative estimate of drug-likeness (QED) is 0.814. The zero-order valence-corrected chi connectivity index (χ0v) is 12.9. The number of anilines is 1. The van der Waals surface area contributed by atoms with Crippen LogP contribution in [0.2, 0.25) is 5.02 Å². The second-order valence-corrected chi connectivity index (χ2v) is 6.99. The van der Waals surface area contributed by atoms with E-state index in [1.807, 2.05) is 6.92 Å². The van der Waals surface area contributed by atoms with Gasteiger partial charge in [-0.15, -0.1) is 0 Å². The van der Waals surface area contributed by atoms with Crippen molar-refractivity contribution in [3.63, 3.8) is 0 Å². The molecule has 2 unspecified atom stereocenters. The summed E-state index contributed by atoms with van der Waals surface area (Å²) in [5.74, 6) is 0.193. The first-order valence-electron chi connectivity index (χ1n) is 6.61. The molecule has 1 aliphatic heterocycles. The Kier molecular flexibility index (Phi) is 4.90. The molecule has 2 rings (SSSR count). The monoisotopic (exact) mass is 318 g/mol. The van der Waals surface area contributed by atoms with Crippen molar-refractivity contribution in [2.75, 3.05) is 18.9 Å². The average molecular weight is 319 g/mol. The van der Waals surface area contributed by atoms with Gasteiger partial charge in [0.15, 0.2) is 0 Å². The molecule has 0 radical (unpaired) electrons. The molecule has 0 aliphatic carbocycles. The topological polar surface area (TPSA) is 81.4 Å². The number of ether oxygens (including phenoxy) is 1. The summed E-state index contributed by atoms with van der Waals surface area (Å²) in [7, 11) is -3.70. The van der Waals surface area contributed by atoms with Crippen LogP contribution in [0.15, 0.2) is 23.1 Å². The van der Waals surface area contributed by atoms with E-state index < -0.39 is 10.0 Å². The van der Waals surface area contributed by atoms with Crippen LogP contribution in [0, 0.1) is 5.92 Å². The van der Waals surface area contributed by atoms with E-state index in [2.05, 4.69) is 4.72 Å². The molecule has 2 atom stereocenters. The van der Waals surface area contributed by atoms with E-state index in [-0.39, 0.29) is 27.6 Å². The van der Waals surface area contributed by atoms with Crippen LogP contribution in [0.25, 0.3) is 0 Å². The van der Waals surface area contributed by atoms with Crippen molar-refractivity contribution in [3.8, 4) is 0 Å². The Balaban J connectivity index is 2.12. The van der Waals surface area contributed by atoms with Crippen molar-refractivity contribution in [3.05, 3.63) is 23.2 Å². The fourth-order valence-corrected chi connectivity index (χ4v) is 4.24. The van der Waals surface area contributed by atoms with Crippen molar-refractivity contribution in [2.24, 2.45) is 5.92 Å². The lowest BCUT2D eigenvalue weighted by atomic mass is 10.0.